The fourth-order valence-corrected chi connectivity index (χ4v) is 5.73. The van der Waals surface area contributed by atoms with Crippen molar-refractivity contribution in [3.05, 3.63) is 164 Å². The Kier molecular flexibility index (Phi) is 6.47. The minimum atomic E-state index is 0.657. The van der Waals surface area contributed by atoms with Crippen molar-refractivity contribution in [1.82, 2.24) is 15.0 Å². The Morgan fingerprint density at radius 1 is 0.227 bits per heavy atom. The van der Waals surface area contributed by atoms with Crippen LogP contribution >= 0.6 is 0 Å². The molecule has 0 bridgehead atoms. The molecule has 0 N–H and O–H groups in total. The quantitative estimate of drug-likeness (QED) is 0.210. The number of benzene rings is 7. The Balaban J connectivity index is 1.17. The number of nitrogens with zero attached hydrogens (tertiary/aromatic N) is 3. The second-order valence-corrected chi connectivity index (χ2v) is 11.0. The number of aromatic nitrogens is 3. The van der Waals surface area contributed by atoms with E-state index in [9.17, 15) is 0 Å². The third-order valence-corrected chi connectivity index (χ3v) is 8.10. The monoisotopic (exact) mass is 561 g/mol. The maximum atomic E-state index is 4.99. The lowest BCUT2D eigenvalue weighted by molar-refractivity contribution is 1.08. The maximum absolute atomic E-state index is 4.99. The molecule has 0 unspecified atom stereocenters. The maximum Gasteiger partial charge on any atom is 0.164 e. The summed E-state index contributed by atoms with van der Waals surface area (Å²) in [5.41, 5.74) is 7.71. The van der Waals surface area contributed by atoms with E-state index in [-0.39, 0.29) is 0 Å². The third kappa shape index (κ3) is 5.01. The SMILES string of the molecule is c1ccc(-c2ccc(-c3ccc4cc(-c5nc(-c6ccccc6)nc(-c6ccc7ccccc7c6)n5)ccc4c3)cc2)cc1. The summed E-state index contributed by atoms with van der Waals surface area (Å²) in [7, 11) is 0. The van der Waals surface area contributed by atoms with Gasteiger partial charge < -0.3 is 0 Å². The first kappa shape index (κ1) is 25.8. The summed E-state index contributed by atoms with van der Waals surface area (Å²) in [4.78, 5) is 14.9. The Labute approximate surface area is 256 Å². The molecule has 8 aromatic rings. The normalized spacial score (nSPS) is 11.2. The van der Waals surface area contributed by atoms with E-state index < -0.39 is 0 Å². The molecule has 1 heterocycles. The van der Waals surface area contributed by atoms with Gasteiger partial charge in [0.25, 0.3) is 0 Å². The van der Waals surface area contributed by atoms with Gasteiger partial charge in [0.05, 0.1) is 0 Å². The van der Waals surface area contributed by atoms with Gasteiger partial charge in [-0.25, -0.2) is 15.0 Å². The van der Waals surface area contributed by atoms with Gasteiger partial charge in [-0.2, -0.15) is 0 Å². The van der Waals surface area contributed by atoms with Crippen LogP contribution in [0.4, 0.5) is 0 Å². The molecule has 0 atom stereocenters. The molecule has 206 valence electrons. The predicted octanol–water partition coefficient (Wildman–Crippen LogP) is 10.5. The van der Waals surface area contributed by atoms with E-state index in [1.54, 1.807) is 0 Å². The Bertz CT molecular complexity index is 2260. The Morgan fingerprint density at radius 2 is 0.568 bits per heavy atom. The molecular formula is C41H27N3. The summed E-state index contributed by atoms with van der Waals surface area (Å²) >= 11 is 0. The molecule has 0 spiro atoms. The van der Waals surface area contributed by atoms with Crippen molar-refractivity contribution in [2.24, 2.45) is 0 Å². The van der Waals surface area contributed by atoms with Crippen LogP contribution < -0.4 is 0 Å². The zero-order chi connectivity index (χ0) is 29.3. The van der Waals surface area contributed by atoms with E-state index in [1.807, 2.05) is 36.4 Å². The first-order valence-corrected chi connectivity index (χ1v) is 14.8. The van der Waals surface area contributed by atoms with Gasteiger partial charge in [-0.1, -0.05) is 146 Å². The standard InChI is InChI=1S/C41H27N3/c1-3-9-28(10-4-1)30-15-17-31(18-16-30)34-20-21-36-27-38(24-22-35(36)25-34)41-43-39(32-12-5-2-6-13-32)42-40(44-41)37-23-19-29-11-7-8-14-33(29)26-37/h1-27H. The Hall–Kier alpha value is -5.93. The summed E-state index contributed by atoms with van der Waals surface area (Å²) in [6.45, 7) is 0. The second kappa shape index (κ2) is 11.0. The fraction of sp³-hybridized carbons (Fsp3) is 0. The van der Waals surface area contributed by atoms with Crippen molar-refractivity contribution in [3.8, 4) is 56.4 Å². The van der Waals surface area contributed by atoms with Crippen LogP contribution in [0, 0.1) is 0 Å². The van der Waals surface area contributed by atoms with Crippen molar-refractivity contribution >= 4 is 21.5 Å². The van der Waals surface area contributed by atoms with Gasteiger partial charge in [-0.3, -0.25) is 0 Å². The van der Waals surface area contributed by atoms with Gasteiger partial charge in [0.15, 0.2) is 17.5 Å². The number of hydrogen-bond donors (Lipinski definition) is 0. The topological polar surface area (TPSA) is 38.7 Å². The molecule has 1 aromatic heterocycles. The molecule has 3 heteroatoms. The lowest BCUT2D eigenvalue weighted by Crippen LogP contribution is -2.00. The molecule has 3 nitrogen and oxygen atoms in total. The van der Waals surface area contributed by atoms with Crippen LogP contribution in [0.25, 0.3) is 78.0 Å². The largest absolute Gasteiger partial charge is 0.208 e. The summed E-state index contributed by atoms with van der Waals surface area (Å²) in [6, 6.07) is 57.1. The van der Waals surface area contributed by atoms with Crippen molar-refractivity contribution in [1.29, 1.82) is 0 Å². The van der Waals surface area contributed by atoms with Gasteiger partial charge in [0.2, 0.25) is 0 Å². The van der Waals surface area contributed by atoms with Crippen LogP contribution in [0.1, 0.15) is 0 Å². The van der Waals surface area contributed by atoms with E-state index in [4.69, 9.17) is 15.0 Å². The van der Waals surface area contributed by atoms with Gasteiger partial charge in [0, 0.05) is 16.7 Å². The Morgan fingerprint density at radius 3 is 1.16 bits per heavy atom. The molecule has 0 aliphatic heterocycles. The zero-order valence-corrected chi connectivity index (χ0v) is 23.9. The van der Waals surface area contributed by atoms with E-state index in [1.165, 1.54) is 33.0 Å². The summed E-state index contributed by atoms with van der Waals surface area (Å²) < 4.78 is 0. The van der Waals surface area contributed by atoms with Crippen molar-refractivity contribution in [2.75, 3.05) is 0 Å². The van der Waals surface area contributed by atoms with Crippen LogP contribution in [0.15, 0.2) is 164 Å². The first-order valence-electron chi connectivity index (χ1n) is 14.8. The average Bonchev–Trinajstić information content (AvgIpc) is 3.11. The molecule has 8 rings (SSSR count). The van der Waals surface area contributed by atoms with E-state index in [0.717, 1.165) is 27.5 Å². The number of rotatable bonds is 5. The van der Waals surface area contributed by atoms with E-state index >= 15 is 0 Å². The highest BCUT2D eigenvalue weighted by Gasteiger charge is 2.13. The lowest BCUT2D eigenvalue weighted by Gasteiger charge is -2.10. The lowest BCUT2D eigenvalue weighted by atomic mass is 9.97. The fourth-order valence-electron chi connectivity index (χ4n) is 5.73. The van der Waals surface area contributed by atoms with Crippen LogP contribution in [-0.4, -0.2) is 15.0 Å². The summed E-state index contributed by atoms with van der Waals surface area (Å²) in [5, 5.41) is 4.66. The van der Waals surface area contributed by atoms with Gasteiger partial charge in [-0.15, -0.1) is 0 Å². The summed E-state index contributed by atoms with van der Waals surface area (Å²) in [5.74, 6) is 1.98. The minimum absolute atomic E-state index is 0.657. The average molecular weight is 562 g/mol. The molecule has 0 saturated heterocycles. The van der Waals surface area contributed by atoms with Gasteiger partial charge >= 0.3 is 0 Å². The summed E-state index contributed by atoms with van der Waals surface area (Å²) in [6.07, 6.45) is 0. The highest BCUT2D eigenvalue weighted by molar-refractivity contribution is 5.91. The van der Waals surface area contributed by atoms with Crippen LogP contribution in [0.3, 0.4) is 0 Å². The molecule has 0 aliphatic rings. The molecule has 0 aliphatic carbocycles. The highest BCUT2D eigenvalue weighted by Crippen LogP contribution is 2.31. The molecular weight excluding hydrogens is 534 g/mol. The van der Waals surface area contributed by atoms with Crippen LogP contribution in [-0.2, 0) is 0 Å². The zero-order valence-electron chi connectivity index (χ0n) is 23.9. The molecule has 0 amide bonds. The second-order valence-electron chi connectivity index (χ2n) is 11.0. The van der Waals surface area contributed by atoms with E-state index in [2.05, 4.69) is 127 Å². The first-order chi connectivity index (χ1) is 21.8. The smallest absolute Gasteiger partial charge is 0.164 e. The van der Waals surface area contributed by atoms with Crippen LogP contribution in [0.5, 0.6) is 0 Å². The molecule has 0 fully saturated rings. The molecule has 0 radical (unpaired) electrons. The number of fused-ring (bicyclic) bond motifs is 2. The third-order valence-electron chi connectivity index (χ3n) is 8.10. The molecule has 44 heavy (non-hydrogen) atoms. The van der Waals surface area contributed by atoms with Gasteiger partial charge in [-0.05, 0) is 62.0 Å². The molecule has 7 aromatic carbocycles. The van der Waals surface area contributed by atoms with Crippen molar-refractivity contribution in [3.63, 3.8) is 0 Å². The van der Waals surface area contributed by atoms with Gasteiger partial charge in [0.1, 0.15) is 0 Å². The highest BCUT2D eigenvalue weighted by atomic mass is 15.0. The number of hydrogen-bond acceptors (Lipinski definition) is 3. The van der Waals surface area contributed by atoms with Crippen LogP contribution in [0.2, 0.25) is 0 Å². The minimum Gasteiger partial charge on any atom is -0.208 e. The van der Waals surface area contributed by atoms with Crippen molar-refractivity contribution < 1.29 is 0 Å². The predicted molar refractivity (Wildman–Crippen MR) is 182 cm³/mol. The van der Waals surface area contributed by atoms with Crippen molar-refractivity contribution in [2.45, 2.75) is 0 Å². The molecule has 0 saturated carbocycles. The van der Waals surface area contributed by atoms with E-state index in [0.29, 0.717) is 17.5 Å².